The Morgan fingerprint density at radius 1 is 1.04 bits per heavy atom. The van der Waals surface area contributed by atoms with Gasteiger partial charge in [-0.2, -0.15) is 0 Å². The molecule has 2 aromatic rings. The van der Waals surface area contributed by atoms with E-state index in [1.54, 1.807) is 18.2 Å². The molecule has 0 unspecified atom stereocenters. The molecule has 1 amide bonds. The number of carbonyl (C=O) groups is 1. The van der Waals surface area contributed by atoms with Crippen molar-refractivity contribution < 1.29 is 9.18 Å². The van der Waals surface area contributed by atoms with Crippen molar-refractivity contribution in [1.82, 2.24) is 4.90 Å². The lowest BCUT2D eigenvalue weighted by Gasteiger charge is -2.36. The fourth-order valence-electron chi connectivity index (χ4n) is 2.84. The number of anilines is 1. The summed E-state index contributed by atoms with van der Waals surface area (Å²) in [5.74, 6) is -0.133. The number of nitrogens with zero attached hydrogens (tertiary/aromatic N) is 2. The fraction of sp³-hybridized carbons (Fsp3) is 0.278. The van der Waals surface area contributed by atoms with E-state index < -0.39 is 0 Å². The smallest absolute Gasteiger partial charge is 0.227 e. The van der Waals surface area contributed by atoms with E-state index in [9.17, 15) is 9.18 Å². The van der Waals surface area contributed by atoms with Crippen molar-refractivity contribution in [2.75, 3.05) is 31.1 Å². The fourth-order valence-corrected chi connectivity index (χ4v) is 3.05. The van der Waals surface area contributed by atoms with Gasteiger partial charge in [0.15, 0.2) is 0 Å². The van der Waals surface area contributed by atoms with Crippen LogP contribution in [-0.4, -0.2) is 37.0 Å². The summed E-state index contributed by atoms with van der Waals surface area (Å²) in [5, 5.41) is 0.639. The zero-order chi connectivity index (χ0) is 16.2. The lowest BCUT2D eigenvalue weighted by atomic mass is 10.1. The van der Waals surface area contributed by atoms with Crippen LogP contribution in [0.4, 0.5) is 10.1 Å². The molecule has 5 heteroatoms. The highest BCUT2D eigenvalue weighted by atomic mass is 35.5. The number of rotatable bonds is 3. The van der Waals surface area contributed by atoms with Crippen molar-refractivity contribution >= 4 is 23.2 Å². The van der Waals surface area contributed by atoms with Crippen LogP contribution in [-0.2, 0) is 11.2 Å². The van der Waals surface area contributed by atoms with Crippen LogP contribution in [0.5, 0.6) is 0 Å². The van der Waals surface area contributed by atoms with E-state index in [-0.39, 0.29) is 11.7 Å². The van der Waals surface area contributed by atoms with Crippen LogP contribution in [0, 0.1) is 5.82 Å². The molecule has 0 radical (unpaired) electrons. The Balaban J connectivity index is 1.58. The second-order valence-electron chi connectivity index (χ2n) is 5.63. The third-order valence-corrected chi connectivity index (χ3v) is 4.30. The van der Waals surface area contributed by atoms with Crippen molar-refractivity contribution in [3.05, 3.63) is 64.9 Å². The van der Waals surface area contributed by atoms with Crippen molar-refractivity contribution in [3.8, 4) is 0 Å². The Morgan fingerprint density at radius 3 is 2.48 bits per heavy atom. The van der Waals surface area contributed by atoms with Gasteiger partial charge in [0.25, 0.3) is 0 Å². The Labute approximate surface area is 140 Å². The second kappa shape index (κ2) is 7.01. The van der Waals surface area contributed by atoms with Crippen molar-refractivity contribution in [1.29, 1.82) is 0 Å². The maximum absolute atomic E-state index is 13.8. The van der Waals surface area contributed by atoms with E-state index >= 15 is 0 Å². The summed E-state index contributed by atoms with van der Waals surface area (Å²) in [6.45, 7) is 2.49. The molecule has 23 heavy (non-hydrogen) atoms. The van der Waals surface area contributed by atoms with E-state index in [0.717, 1.165) is 5.56 Å². The van der Waals surface area contributed by atoms with Gasteiger partial charge in [0, 0.05) is 31.2 Å². The molecular formula is C18H18ClFN2O. The first-order chi connectivity index (χ1) is 11.1. The number of piperazine rings is 1. The topological polar surface area (TPSA) is 23.6 Å². The Kier molecular flexibility index (Phi) is 4.82. The minimum Gasteiger partial charge on any atom is -0.366 e. The molecule has 1 aliphatic rings. The van der Waals surface area contributed by atoms with Crippen LogP contribution in [0.3, 0.4) is 0 Å². The highest BCUT2D eigenvalue weighted by Crippen LogP contribution is 2.20. The molecular weight excluding hydrogens is 315 g/mol. The van der Waals surface area contributed by atoms with Gasteiger partial charge in [-0.25, -0.2) is 4.39 Å². The van der Waals surface area contributed by atoms with Crippen LogP contribution in [0.15, 0.2) is 48.5 Å². The first-order valence-corrected chi connectivity index (χ1v) is 8.03. The van der Waals surface area contributed by atoms with Crippen LogP contribution in [0.2, 0.25) is 5.02 Å². The predicted octanol–water partition coefficient (Wildman–Crippen LogP) is 3.37. The standard InChI is InChI=1S/C18H18ClFN2O/c19-15-5-3-4-14(12-15)13-18(23)22-10-8-21(9-11-22)17-7-2-1-6-16(17)20/h1-7,12H,8-11,13H2. The van der Waals surface area contributed by atoms with Crippen LogP contribution < -0.4 is 4.90 Å². The van der Waals surface area contributed by atoms with E-state index in [0.29, 0.717) is 43.3 Å². The molecule has 1 heterocycles. The molecule has 0 bridgehead atoms. The molecule has 3 rings (SSSR count). The summed E-state index contributed by atoms with van der Waals surface area (Å²) in [6.07, 6.45) is 0.347. The molecule has 1 aliphatic heterocycles. The van der Waals surface area contributed by atoms with Gasteiger partial charge in [-0.1, -0.05) is 35.9 Å². The highest BCUT2D eigenvalue weighted by Gasteiger charge is 2.22. The Bertz CT molecular complexity index is 699. The van der Waals surface area contributed by atoms with Gasteiger partial charge in [0.1, 0.15) is 5.82 Å². The third-order valence-electron chi connectivity index (χ3n) is 4.07. The average molecular weight is 333 g/mol. The molecule has 0 spiro atoms. The first-order valence-electron chi connectivity index (χ1n) is 7.65. The monoisotopic (exact) mass is 332 g/mol. The van der Waals surface area contributed by atoms with Crippen molar-refractivity contribution in [3.63, 3.8) is 0 Å². The Hall–Kier alpha value is -2.07. The number of hydrogen-bond donors (Lipinski definition) is 0. The van der Waals surface area contributed by atoms with Gasteiger partial charge in [-0.15, -0.1) is 0 Å². The summed E-state index contributed by atoms with van der Waals surface area (Å²) in [4.78, 5) is 16.2. The summed E-state index contributed by atoms with van der Waals surface area (Å²) >= 11 is 5.95. The van der Waals surface area contributed by atoms with Gasteiger partial charge >= 0.3 is 0 Å². The molecule has 2 aromatic carbocycles. The van der Waals surface area contributed by atoms with E-state index in [2.05, 4.69) is 0 Å². The summed E-state index contributed by atoms with van der Waals surface area (Å²) in [7, 11) is 0. The van der Waals surface area contributed by atoms with Crippen LogP contribution in [0.25, 0.3) is 0 Å². The maximum atomic E-state index is 13.8. The number of hydrogen-bond acceptors (Lipinski definition) is 2. The first kappa shape index (κ1) is 15.8. The maximum Gasteiger partial charge on any atom is 0.227 e. The number of carbonyl (C=O) groups excluding carboxylic acids is 1. The van der Waals surface area contributed by atoms with Crippen LogP contribution >= 0.6 is 11.6 Å². The number of benzene rings is 2. The minimum absolute atomic E-state index is 0.0838. The van der Waals surface area contributed by atoms with Crippen LogP contribution in [0.1, 0.15) is 5.56 Å². The zero-order valence-electron chi connectivity index (χ0n) is 12.7. The van der Waals surface area contributed by atoms with Gasteiger partial charge in [0.05, 0.1) is 12.1 Å². The summed E-state index contributed by atoms with van der Waals surface area (Å²) in [5.41, 5.74) is 1.52. The van der Waals surface area contributed by atoms with Gasteiger partial charge in [-0.05, 0) is 29.8 Å². The molecule has 0 N–H and O–H groups in total. The lowest BCUT2D eigenvalue weighted by Crippen LogP contribution is -2.49. The van der Waals surface area contributed by atoms with Gasteiger partial charge in [0.2, 0.25) is 5.91 Å². The summed E-state index contributed by atoms with van der Waals surface area (Å²) in [6, 6.07) is 14.1. The molecule has 3 nitrogen and oxygen atoms in total. The number of amides is 1. The largest absolute Gasteiger partial charge is 0.366 e. The molecule has 1 saturated heterocycles. The van der Waals surface area contributed by atoms with E-state index in [1.165, 1.54) is 6.07 Å². The molecule has 0 saturated carbocycles. The number of para-hydroxylation sites is 1. The summed E-state index contributed by atoms with van der Waals surface area (Å²) < 4.78 is 13.8. The molecule has 0 atom stereocenters. The van der Waals surface area contributed by atoms with Crippen molar-refractivity contribution in [2.24, 2.45) is 0 Å². The minimum atomic E-state index is -0.216. The molecule has 0 aliphatic carbocycles. The SMILES string of the molecule is O=C(Cc1cccc(Cl)c1)N1CCN(c2ccccc2F)CC1. The molecule has 0 aromatic heterocycles. The lowest BCUT2D eigenvalue weighted by molar-refractivity contribution is -0.130. The average Bonchev–Trinajstić information content (AvgIpc) is 2.55. The van der Waals surface area contributed by atoms with Crippen molar-refractivity contribution in [2.45, 2.75) is 6.42 Å². The highest BCUT2D eigenvalue weighted by molar-refractivity contribution is 6.30. The second-order valence-corrected chi connectivity index (χ2v) is 6.06. The van der Waals surface area contributed by atoms with Gasteiger partial charge in [-0.3, -0.25) is 4.79 Å². The normalized spacial score (nSPS) is 14.9. The van der Waals surface area contributed by atoms with E-state index in [4.69, 9.17) is 11.6 Å². The molecule has 120 valence electrons. The third kappa shape index (κ3) is 3.82. The Morgan fingerprint density at radius 2 is 1.78 bits per heavy atom. The predicted molar refractivity (Wildman–Crippen MR) is 90.3 cm³/mol. The molecule has 1 fully saturated rings. The number of halogens is 2. The quantitative estimate of drug-likeness (QED) is 0.860. The van der Waals surface area contributed by atoms with E-state index in [1.807, 2.05) is 34.1 Å². The zero-order valence-corrected chi connectivity index (χ0v) is 13.5. The van der Waals surface area contributed by atoms with Gasteiger partial charge < -0.3 is 9.80 Å².